The van der Waals surface area contributed by atoms with Crippen LogP contribution < -0.4 is 4.73 Å². The van der Waals surface area contributed by atoms with Gasteiger partial charge in [0.1, 0.15) is 0 Å². The Morgan fingerprint density at radius 1 is 1.04 bits per heavy atom. The third-order valence-corrected chi connectivity index (χ3v) is 6.58. The van der Waals surface area contributed by atoms with Gasteiger partial charge in [-0.05, 0) is 25.5 Å². The van der Waals surface area contributed by atoms with Gasteiger partial charge in [-0.15, -0.1) is 0 Å². The molecule has 2 aromatic rings. The molecule has 1 amide bonds. The lowest BCUT2D eigenvalue weighted by Crippen LogP contribution is -2.50. The van der Waals surface area contributed by atoms with E-state index >= 15 is 0 Å². The van der Waals surface area contributed by atoms with Gasteiger partial charge in [0, 0.05) is 38.3 Å². The molecule has 3 rings (SSSR count). The Kier molecular flexibility index (Phi) is 4.97. The summed E-state index contributed by atoms with van der Waals surface area (Å²) in [7, 11) is -3.58. The number of hydrogen-bond donors (Lipinski definition) is 0. The second-order valence-corrected chi connectivity index (χ2v) is 8.32. The van der Waals surface area contributed by atoms with E-state index in [1.165, 1.54) is 28.8 Å². The summed E-state index contributed by atoms with van der Waals surface area (Å²) in [4.78, 5) is 14.4. The molecule has 0 spiro atoms. The fourth-order valence-electron chi connectivity index (χ4n) is 3.10. The topological polar surface area (TPSA) is 84.6 Å². The van der Waals surface area contributed by atoms with Crippen LogP contribution in [0.15, 0.2) is 47.6 Å². The summed E-state index contributed by atoms with van der Waals surface area (Å²) in [6.07, 6.45) is 2.54. The van der Waals surface area contributed by atoms with E-state index in [9.17, 15) is 18.4 Å². The van der Waals surface area contributed by atoms with Gasteiger partial charge in [0.2, 0.25) is 10.0 Å². The van der Waals surface area contributed by atoms with Crippen molar-refractivity contribution in [3.8, 4) is 0 Å². The number of piperazine rings is 1. The van der Waals surface area contributed by atoms with Crippen LogP contribution in [0, 0.1) is 19.1 Å². The molecule has 1 saturated heterocycles. The molecular weight excluding hydrogens is 354 g/mol. The number of carbonyl (C=O) groups excluding carboxylic acids is 1. The third-order valence-electron chi connectivity index (χ3n) is 4.52. The molecule has 0 bridgehead atoms. The highest BCUT2D eigenvalue weighted by Gasteiger charge is 2.31. The Morgan fingerprint density at radius 2 is 1.65 bits per heavy atom. The van der Waals surface area contributed by atoms with Crippen molar-refractivity contribution < 1.29 is 17.9 Å². The Labute approximate surface area is 153 Å². The minimum Gasteiger partial charge on any atom is -0.619 e. The number of hydrogen-bond acceptors (Lipinski definition) is 4. The molecule has 8 heteroatoms. The average molecular weight is 375 g/mol. The van der Waals surface area contributed by atoms with E-state index in [1.54, 1.807) is 24.0 Å². The van der Waals surface area contributed by atoms with E-state index in [2.05, 4.69) is 0 Å². The average Bonchev–Trinajstić information content (AvgIpc) is 2.61. The molecule has 26 heavy (non-hydrogen) atoms. The highest BCUT2D eigenvalue weighted by atomic mass is 32.2. The van der Waals surface area contributed by atoms with Gasteiger partial charge >= 0.3 is 0 Å². The lowest BCUT2D eigenvalue weighted by Gasteiger charge is -2.34. The van der Waals surface area contributed by atoms with Crippen LogP contribution in [-0.4, -0.2) is 49.7 Å². The standard InChI is InChI=1S/C18H21N3O4S/c1-14-3-4-17(15(2)13-14)26(24,25)21-11-9-19(10-12-21)18(22)16-5-7-20(23)8-6-16/h3-8,13H,9-12H2,1-2H3. The molecule has 1 fully saturated rings. The number of benzene rings is 1. The fraction of sp³-hybridized carbons (Fsp3) is 0.333. The molecule has 0 N–H and O–H groups in total. The van der Waals surface area contributed by atoms with Crippen molar-refractivity contribution in [2.24, 2.45) is 0 Å². The van der Waals surface area contributed by atoms with Crippen LogP contribution >= 0.6 is 0 Å². The molecule has 0 unspecified atom stereocenters. The van der Waals surface area contributed by atoms with Crippen molar-refractivity contribution in [2.45, 2.75) is 18.7 Å². The molecule has 2 heterocycles. The normalized spacial score (nSPS) is 15.8. The number of aryl methyl sites for hydroxylation is 2. The zero-order valence-electron chi connectivity index (χ0n) is 14.8. The monoisotopic (exact) mass is 375 g/mol. The summed E-state index contributed by atoms with van der Waals surface area (Å²) in [5.74, 6) is -0.200. The van der Waals surface area contributed by atoms with Crippen LogP contribution in [0.4, 0.5) is 0 Å². The quantitative estimate of drug-likeness (QED) is 0.594. The molecule has 0 radical (unpaired) electrons. The molecule has 7 nitrogen and oxygen atoms in total. The number of sulfonamides is 1. The first-order valence-corrected chi connectivity index (χ1v) is 9.78. The maximum absolute atomic E-state index is 12.9. The van der Waals surface area contributed by atoms with E-state index < -0.39 is 10.0 Å². The van der Waals surface area contributed by atoms with Gasteiger partial charge in [-0.3, -0.25) is 4.79 Å². The molecule has 1 aromatic heterocycles. The maximum Gasteiger partial charge on any atom is 0.254 e. The third kappa shape index (κ3) is 3.56. The number of aromatic nitrogens is 1. The molecule has 1 aliphatic rings. The van der Waals surface area contributed by atoms with Gasteiger partial charge in [0.05, 0.1) is 10.5 Å². The Morgan fingerprint density at radius 3 is 2.23 bits per heavy atom. The van der Waals surface area contributed by atoms with Gasteiger partial charge in [0.25, 0.3) is 5.91 Å². The van der Waals surface area contributed by atoms with E-state index in [4.69, 9.17) is 0 Å². The van der Waals surface area contributed by atoms with Gasteiger partial charge in [-0.25, -0.2) is 8.42 Å². The molecule has 0 atom stereocenters. The van der Waals surface area contributed by atoms with Gasteiger partial charge in [-0.1, -0.05) is 17.7 Å². The van der Waals surface area contributed by atoms with Gasteiger partial charge in [0.15, 0.2) is 12.4 Å². The summed E-state index contributed by atoms with van der Waals surface area (Å²) in [6.45, 7) is 4.83. The van der Waals surface area contributed by atoms with Crippen molar-refractivity contribution in [1.82, 2.24) is 9.21 Å². The van der Waals surface area contributed by atoms with Crippen molar-refractivity contribution in [1.29, 1.82) is 0 Å². The molecule has 138 valence electrons. The minimum atomic E-state index is -3.58. The van der Waals surface area contributed by atoms with E-state index in [0.29, 0.717) is 28.3 Å². The predicted molar refractivity (Wildman–Crippen MR) is 96.0 cm³/mol. The SMILES string of the molecule is Cc1ccc(S(=O)(=O)N2CCN(C(=O)c3cc[n+]([O-])cc3)CC2)c(C)c1. The van der Waals surface area contributed by atoms with E-state index in [1.807, 2.05) is 13.0 Å². The number of rotatable bonds is 3. The highest BCUT2D eigenvalue weighted by Crippen LogP contribution is 2.22. The first kappa shape index (κ1) is 18.3. The van der Waals surface area contributed by atoms with Crippen molar-refractivity contribution in [2.75, 3.05) is 26.2 Å². The van der Waals surface area contributed by atoms with Crippen LogP contribution in [0.3, 0.4) is 0 Å². The predicted octanol–water partition coefficient (Wildman–Crippen LogP) is 1.08. The molecule has 0 saturated carbocycles. The summed E-state index contributed by atoms with van der Waals surface area (Å²) >= 11 is 0. The summed E-state index contributed by atoms with van der Waals surface area (Å²) < 4.78 is 27.8. The highest BCUT2D eigenvalue weighted by molar-refractivity contribution is 7.89. The first-order chi connectivity index (χ1) is 12.3. The van der Waals surface area contributed by atoms with E-state index in [-0.39, 0.29) is 19.0 Å². The zero-order chi connectivity index (χ0) is 18.9. The number of nitrogens with zero attached hydrogens (tertiary/aromatic N) is 3. The molecular formula is C18H21N3O4S. The molecule has 1 aromatic carbocycles. The van der Waals surface area contributed by atoms with Crippen LogP contribution in [0.5, 0.6) is 0 Å². The largest absolute Gasteiger partial charge is 0.619 e. The fourth-order valence-corrected chi connectivity index (χ4v) is 4.73. The van der Waals surface area contributed by atoms with Crippen LogP contribution in [-0.2, 0) is 10.0 Å². The minimum absolute atomic E-state index is 0.200. The van der Waals surface area contributed by atoms with Crippen molar-refractivity contribution in [3.05, 3.63) is 64.6 Å². The maximum atomic E-state index is 12.9. The first-order valence-electron chi connectivity index (χ1n) is 8.34. The van der Waals surface area contributed by atoms with Crippen molar-refractivity contribution >= 4 is 15.9 Å². The Hall–Kier alpha value is -2.45. The zero-order valence-corrected chi connectivity index (χ0v) is 15.6. The van der Waals surface area contributed by atoms with Crippen LogP contribution in [0.1, 0.15) is 21.5 Å². The second-order valence-electron chi connectivity index (χ2n) is 6.41. The molecule has 1 aliphatic heterocycles. The summed E-state index contributed by atoms with van der Waals surface area (Å²) in [5.41, 5.74) is 2.15. The summed E-state index contributed by atoms with van der Waals surface area (Å²) in [5, 5.41) is 11.1. The second kappa shape index (κ2) is 7.05. The molecule has 0 aliphatic carbocycles. The Balaban J connectivity index is 1.71. The number of pyridine rings is 1. The number of amides is 1. The summed E-state index contributed by atoms with van der Waals surface area (Å²) in [6, 6.07) is 8.21. The lowest BCUT2D eigenvalue weighted by molar-refractivity contribution is -0.605. The van der Waals surface area contributed by atoms with Crippen molar-refractivity contribution in [3.63, 3.8) is 0 Å². The van der Waals surface area contributed by atoms with E-state index in [0.717, 1.165) is 11.1 Å². The number of carbonyl (C=O) groups is 1. The van der Waals surface area contributed by atoms with Crippen LogP contribution in [0.25, 0.3) is 0 Å². The Bertz CT molecular complexity index is 918. The van der Waals surface area contributed by atoms with Gasteiger partial charge in [-0.2, -0.15) is 9.04 Å². The van der Waals surface area contributed by atoms with Gasteiger partial charge < -0.3 is 10.1 Å². The smallest absolute Gasteiger partial charge is 0.254 e. The van der Waals surface area contributed by atoms with Crippen LogP contribution in [0.2, 0.25) is 0 Å². The lowest BCUT2D eigenvalue weighted by atomic mass is 10.2.